The van der Waals surface area contributed by atoms with Gasteiger partial charge in [-0.25, -0.2) is 9.48 Å². The minimum absolute atomic E-state index is 0.138. The Hall–Kier alpha value is -1.43. The Labute approximate surface area is 114 Å². The molecule has 0 unspecified atom stereocenters. The van der Waals surface area contributed by atoms with E-state index in [1.807, 2.05) is 34.6 Å². The van der Waals surface area contributed by atoms with E-state index in [4.69, 9.17) is 9.47 Å². The first-order valence-corrected chi connectivity index (χ1v) is 6.42. The zero-order valence-corrected chi connectivity index (χ0v) is 12.6. The molecule has 0 aliphatic rings. The normalized spacial score (nSPS) is 11.9. The van der Waals surface area contributed by atoms with Crippen molar-refractivity contribution in [3.8, 4) is 0 Å². The zero-order chi connectivity index (χ0) is 14.6. The lowest BCUT2D eigenvalue weighted by molar-refractivity contribution is -0.00838. The van der Waals surface area contributed by atoms with E-state index in [0.717, 1.165) is 5.69 Å². The summed E-state index contributed by atoms with van der Waals surface area (Å²) in [5, 5.41) is 7.92. The van der Waals surface area contributed by atoms with Gasteiger partial charge in [0.1, 0.15) is 0 Å². The van der Waals surface area contributed by atoms with Crippen molar-refractivity contribution in [1.29, 1.82) is 0 Å². The molecule has 1 heterocycles. The molecule has 0 aliphatic carbocycles. The van der Waals surface area contributed by atoms with Gasteiger partial charge in [-0.3, -0.25) is 0 Å². The summed E-state index contributed by atoms with van der Waals surface area (Å²) in [6.07, 6.45) is 0. The molecular weight excluding hydrogens is 246 g/mol. The summed E-state index contributed by atoms with van der Waals surface area (Å²) < 4.78 is 12.1. The van der Waals surface area contributed by atoms with Crippen molar-refractivity contribution in [2.24, 2.45) is 0 Å². The van der Waals surface area contributed by atoms with Crippen molar-refractivity contribution in [1.82, 2.24) is 15.0 Å². The number of hydrogen-bond donors (Lipinski definition) is 0. The molecule has 1 aromatic rings. The van der Waals surface area contributed by atoms with Gasteiger partial charge in [-0.2, -0.15) is 0 Å². The summed E-state index contributed by atoms with van der Waals surface area (Å²) in [5.74, 6) is -0.314. The lowest BCUT2D eigenvalue weighted by Gasteiger charge is -2.20. The average Bonchev–Trinajstić information content (AvgIpc) is 2.70. The lowest BCUT2D eigenvalue weighted by Crippen LogP contribution is -2.23. The molecule has 0 saturated carbocycles. The molecule has 19 heavy (non-hydrogen) atoms. The van der Waals surface area contributed by atoms with E-state index in [1.54, 1.807) is 4.68 Å². The van der Waals surface area contributed by atoms with Crippen LogP contribution >= 0.6 is 0 Å². The van der Waals surface area contributed by atoms with Gasteiger partial charge >= 0.3 is 5.97 Å². The first kappa shape index (κ1) is 15.6. The van der Waals surface area contributed by atoms with E-state index in [0.29, 0.717) is 13.2 Å². The van der Waals surface area contributed by atoms with Gasteiger partial charge in [0.15, 0.2) is 5.69 Å². The van der Waals surface area contributed by atoms with Gasteiger partial charge in [-0.15, -0.1) is 5.10 Å². The van der Waals surface area contributed by atoms with Crippen LogP contribution in [-0.4, -0.2) is 40.3 Å². The number of methoxy groups -OCH3 is 1. The van der Waals surface area contributed by atoms with Gasteiger partial charge in [0.25, 0.3) is 0 Å². The molecule has 0 saturated heterocycles. The number of rotatable bonds is 5. The van der Waals surface area contributed by atoms with Gasteiger partial charge in [-0.05, 0) is 26.7 Å². The SMILES string of the molecule is COC(=O)c1nnn(CCOC(C)(C)C)c1C(C)C. The van der Waals surface area contributed by atoms with E-state index >= 15 is 0 Å². The molecule has 0 aliphatic heterocycles. The summed E-state index contributed by atoms with van der Waals surface area (Å²) in [7, 11) is 1.34. The smallest absolute Gasteiger partial charge is 0.360 e. The Morgan fingerprint density at radius 2 is 2.00 bits per heavy atom. The third kappa shape index (κ3) is 4.31. The Morgan fingerprint density at radius 3 is 2.47 bits per heavy atom. The molecule has 0 aromatic carbocycles. The fourth-order valence-corrected chi connectivity index (χ4v) is 1.74. The highest BCUT2D eigenvalue weighted by Gasteiger charge is 2.22. The van der Waals surface area contributed by atoms with Crippen LogP contribution in [0.15, 0.2) is 0 Å². The van der Waals surface area contributed by atoms with Gasteiger partial charge in [-0.1, -0.05) is 19.1 Å². The van der Waals surface area contributed by atoms with E-state index < -0.39 is 5.97 Å². The third-order valence-corrected chi connectivity index (χ3v) is 2.54. The molecule has 1 aromatic heterocycles. The van der Waals surface area contributed by atoms with E-state index in [9.17, 15) is 4.79 Å². The van der Waals surface area contributed by atoms with E-state index in [2.05, 4.69) is 10.3 Å². The van der Waals surface area contributed by atoms with Crippen LogP contribution < -0.4 is 0 Å². The van der Waals surface area contributed by atoms with Crippen LogP contribution in [0.1, 0.15) is 56.7 Å². The van der Waals surface area contributed by atoms with Crippen molar-refractivity contribution in [3.05, 3.63) is 11.4 Å². The maximum absolute atomic E-state index is 11.6. The highest BCUT2D eigenvalue weighted by molar-refractivity contribution is 5.88. The topological polar surface area (TPSA) is 66.2 Å². The molecule has 6 nitrogen and oxygen atoms in total. The Balaban J connectivity index is 2.84. The molecule has 0 radical (unpaired) electrons. The molecular formula is C13H23N3O3. The van der Waals surface area contributed by atoms with Crippen LogP contribution in [0, 0.1) is 0 Å². The summed E-state index contributed by atoms with van der Waals surface area (Å²) in [5.41, 5.74) is 0.877. The average molecular weight is 269 g/mol. The zero-order valence-electron chi connectivity index (χ0n) is 12.6. The monoisotopic (exact) mass is 269 g/mol. The summed E-state index contributed by atoms with van der Waals surface area (Å²) in [6.45, 7) is 11.1. The summed E-state index contributed by atoms with van der Waals surface area (Å²) >= 11 is 0. The molecule has 0 fully saturated rings. The quantitative estimate of drug-likeness (QED) is 0.765. The Morgan fingerprint density at radius 1 is 1.37 bits per heavy atom. The standard InChI is InChI=1S/C13H23N3O3/c1-9(2)11-10(12(17)18-6)14-15-16(11)7-8-19-13(3,4)5/h9H,7-8H2,1-6H3. The number of ether oxygens (including phenoxy) is 2. The highest BCUT2D eigenvalue weighted by Crippen LogP contribution is 2.18. The number of esters is 1. The van der Waals surface area contributed by atoms with Gasteiger partial charge in [0, 0.05) is 0 Å². The predicted octanol–water partition coefficient (Wildman–Crippen LogP) is 2.00. The molecule has 0 bridgehead atoms. The number of carbonyl (C=O) groups excluding carboxylic acids is 1. The van der Waals surface area contributed by atoms with Crippen LogP contribution in [-0.2, 0) is 16.0 Å². The second kappa shape index (κ2) is 6.14. The predicted molar refractivity (Wildman–Crippen MR) is 71.2 cm³/mol. The molecule has 0 atom stereocenters. The van der Waals surface area contributed by atoms with Gasteiger partial charge in [0.2, 0.25) is 0 Å². The fourth-order valence-electron chi connectivity index (χ4n) is 1.74. The maximum atomic E-state index is 11.6. The summed E-state index contributed by atoms with van der Waals surface area (Å²) in [4.78, 5) is 11.6. The van der Waals surface area contributed by atoms with Crippen LogP contribution in [0.5, 0.6) is 0 Å². The largest absolute Gasteiger partial charge is 0.464 e. The van der Waals surface area contributed by atoms with Gasteiger partial charge < -0.3 is 9.47 Å². The van der Waals surface area contributed by atoms with Crippen LogP contribution in [0.2, 0.25) is 0 Å². The second-order valence-corrected chi connectivity index (χ2v) is 5.65. The maximum Gasteiger partial charge on any atom is 0.360 e. The van der Waals surface area contributed by atoms with E-state index in [-0.39, 0.29) is 17.2 Å². The fraction of sp³-hybridized carbons (Fsp3) is 0.769. The number of carbonyl (C=O) groups is 1. The number of hydrogen-bond acceptors (Lipinski definition) is 5. The number of aromatic nitrogens is 3. The molecule has 1 rings (SSSR count). The first-order chi connectivity index (χ1) is 8.76. The minimum Gasteiger partial charge on any atom is -0.464 e. The van der Waals surface area contributed by atoms with Crippen molar-refractivity contribution >= 4 is 5.97 Å². The molecule has 6 heteroatoms. The summed E-state index contributed by atoms with van der Waals surface area (Å²) in [6, 6.07) is 0. The molecule has 0 spiro atoms. The van der Waals surface area contributed by atoms with Crippen molar-refractivity contribution < 1.29 is 14.3 Å². The molecule has 0 N–H and O–H groups in total. The van der Waals surface area contributed by atoms with Crippen molar-refractivity contribution in [3.63, 3.8) is 0 Å². The highest BCUT2D eigenvalue weighted by atomic mass is 16.5. The lowest BCUT2D eigenvalue weighted by atomic mass is 10.1. The molecule has 0 amide bonds. The van der Waals surface area contributed by atoms with Crippen LogP contribution in [0.25, 0.3) is 0 Å². The van der Waals surface area contributed by atoms with Crippen molar-refractivity contribution in [2.75, 3.05) is 13.7 Å². The Kier molecular flexibility index (Phi) is 5.05. The third-order valence-electron chi connectivity index (χ3n) is 2.54. The van der Waals surface area contributed by atoms with Crippen molar-refractivity contribution in [2.45, 2.75) is 52.7 Å². The number of nitrogens with zero attached hydrogens (tertiary/aromatic N) is 3. The van der Waals surface area contributed by atoms with E-state index in [1.165, 1.54) is 7.11 Å². The second-order valence-electron chi connectivity index (χ2n) is 5.65. The molecule has 108 valence electrons. The van der Waals surface area contributed by atoms with Gasteiger partial charge in [0.05, 0.1) is 31.6 Å². The van der Waals surface area contributed by atoms with Crippen LogP contribution in [0.3, 0.4) is 0 Å². The first-order valence-electron chi connectivity index (χ1n) is 6.42. The van der Waals surface area contributed by atoms with Crippen LogP contribution in [0.4, 0.5) is 0 Å². The minimum atomic E-state index is -0.452. The Bertz CT molecular complexity index is 433.